The lowest BCUT2D eigenvalue weighted by molar-refractivity contribution is 0.0858. The maximum Gasteiger partial charge on any atom is 0.251 e. The maximum absolute atomic E-state index is 12.3. The first kappa shape index (κ1) is 13.3. The van der Waals surface area contributed by atoms with Gasteiger partial charge in [0.25, 0.3) is 5.91 Å². The van der Waals surface area contributed by atoms with Crippen LogP contribution in [0.4, 0.5) is 0 Å². The van der Waals surface area contributed by atoms with E-state index >= 15 is 0 Å². The smallest absolute Gasteiger partial charge is 0.251 e. The summed E-state index contributed by atoms with van der Waals surface area (Å²) in [5.41, 5.74) is 2.68. The SMILES string of the molecule is O=C(N[C@H]1c2ccccc2C[C@H]1O)c1cccc(Br)c1. The summed E-state index contributed by atoms with van der Waals surface area (Å²) in [7, 11) is 0. The van der Waals surface area contributed by atoms with Crippen LogP contribution in [0.3, 0.4) is 0 Å². The van der Waals surface area contributed by atoms with Crippen molar-refractivity contribution in [3.8, 4) is 0 Å². The number of carbonyl (C=O) groups is 1. The predicted molar refractivity (Wildman–Crippen MR) is 80.5 cm³/mol. The number of aliphatic hydroxyl groups is 1. The molecular weight excluding hydrogens is 318 g/mol. The number of carbonyl (C=O) groups excluding carboxylic acids is 1. The molecule has 2 N–H and O–H groups in total. The third-order valence-electron chi connectivity index (χ3n) is 3.58. The Kier molecular flexibility index (Phi) is 3.59. The van der Waals surface area contributed by atoms with Gasteiger partial charge in [0, 0.05) is 16.5 Å². The summed E-state index contributed by atoms with van der Waals surface area (Å²) in [5.74, 6) is -0.174. The van der Waals surface area contributed by atoms with Crippen molar-refractivity contribution in [2.45, 2.75) is 18.6 Å². The van der Waals surface area contributed by atoms with Crippen LogP contribution in [-0.2, 0) is 6.42 Å². The Morgan fingerprint density at radius 1 is 1.20 bits per heavy atom. The Balaban J connectivity index is 1.83. The highest BCUT2D eigenvalue weighted by Crippen LogP contribution is 2.31. The fraction of sp³-hybridized carbons (Fsp3) is 0.188. The van der Waals surface area contributed by atoms with Crippen molar-refractivity contribution >= 4 is 21.8 Å². The zero-order valence-corrected chi connectivity index (χ0v) is 12.3. The maximum atomic E-state index is 12.3. The molecular formula is C16H14BrNO2. The molecule has 2 atom stereocenters. The number of aliphatic hydroxyl groups excluding tert-OH is 1. The molecule has 0 saturated carbocycles. The number of fused-ring (bicyclic) bond motifs is 1. The van der Waals surface area contributed by atoms with Crippen molar-refractivity contribution in [3.63, 3.8) is 0 Å². The molecule has 1 aliphatic carbocycles. The quantitative estimate of drug-likeness (QED) is 0.888. The second-order valence-electron chi connectivity index (χ2n) is 4.93. The Hall–Kier alpha value is -1.65. The van der Waals surface area contributed by atoms with Crippen molar-refractivity contribution in [1.29, 1.82) is 0 Å². The molecule has 0 radical (unpaired) electrons. The van der Waals surface area contributed by atoms with E-state index in [0.717, 1.165) is 15.6 Å². The molecule has 0 unspecified atom stereocenters. The van der Waals surface area contributed by atoms with Crippen LogP contribution in [0.5, 0.6) is 0 Å². The van der Waals surface area contributed by atoms with E-state index in [2.05, 4.69) is 21.2 Å². The topological polar surface area (TPSA) is 49.3 Å². The normalized spacial score (nSPS) is 20.5. The van der Waals surface area contributed by atoms with Gasteiger partial charge >= 0.3 is 0 Å². The number of halogens is 1. The molecule has 1 amide bonds. The van der Waals surface area contributed by atoms with E-state index in [1.54, 1.807) is 12.1 Å². The van der Waals surface area contributed by atoms with Gasteiger partial charge in [-0.05, 0) is 29.3 Å². The van der Waals surface area contributed by atoms with Gasteiger partial charge in [-0.1, -0.05) is 46.3 Å². The van der Waals surface area contributed by atoms with Crippen LogP contribution >= 0.6 is 15.9 Å². The molecule has 0 heterocycles. The van der Waals surface area contributed by atoms with E-state index in [0.29, 0.717) is 12.0 Å². The van der Waals surface area contributed by atoms with Crippen LogP contribution in [0.1, 0.15) is 27.5 Å². The standard InChI is InChI=1S/C16H14BrNO2/c17-12-6-3-5-11(8-12)16(20)18-15-13-7-2-1-4-10(13)9-14(15)19/h1-8,14-15,19H,9H2,(H,18,20)/t14-,15+/m1/s1. The van der Waals surface area contributed by atoms with Crippen LogP contribution in [0, 0.1) is 0 Å². The van der Waals surface area contributed by atoms with E-state index in [-0.39, 0.29) is 11.9 Å². The molecule has 0 aromatic heterocycles. The van der Waals surface area contributed by atoms with Gasteiger partial charge in [0.2, 0.25) is 0 Å². The lowest BCUT2D eigenvalue weighted by Gasteiger charge is -2.18. The molecule has 0 fully saturated rings. The fourth-order valence-corrected chi connectivity index (χ4v) is 3.00. The number of nitrogens with one attached hydrogen (secondary N) is 1. The lowest BCUT2D eigenvalue weighted by Crippen LogP contribution is -2.33. The molecule has 102 valence electrons. The number of benzene rings is 2. The average Bonchev–Trinajstić information content (AvgIpc) is 2.75. The first-order valence-corrected chi connectivity index (χ1v) is 7.27. The number of amides is 1. The summed E-state index contributed by atoms with van der Waals surface area (Å²) in [4.78, 5) is 12.3. The highest BCUT2D eigenvalue weighted by molar-refractivity contribution is 9.10. The lowest BCUT2D eigenvalue weighted by atomic mass is 10.1. The summed E-state index contributed by atoms with van der Waals surface area (Å²) in [6.45, 7) is 0. The Bertz CT molecular complexity index is 656. The summed E-state index contributed by atoms with van der Waals surface area (Å²) in [6, 6.07) is 14.7. The molecule has 4 heteroatoms. The Morgan fingerprint density at radius 3 is 2.80 bits per heavy atom. The Labute approximate surface area is 125 Å². The number of hydrogen-bond acceptors (Lipinski definition) is 2. The molecule has 0 aliphatic heterocycles. The van der Waals surface area contributed by atoms with Crippen molar-refractivity contribution < 1.29 is 9.90 Å². The van der Waals surface area contributed by atoms with E-state index in [1.807, 2.05) is 36.4 Å². The van der Waals surface area contributed by atoms with Gasteiger partial charge in [-0.25, -0.2) is 0 Å². The molecule has 3 rings (SSSR count). The minimum Gasteiger partial charge on any atom is -0.390 e. The number of hydrogen-bond donors (Lipinski definition) is 2. The highest BCUT2D eigenvalue weighted by Gasteiger charge is 2.31. The second kappa shape index (κ2) is 5.38. The predicted octanol–water partition coefficient (Wildman–Crippen LogP) is 2.84. The average molecular weight is 332 g/mol. The van der Waals surface area contributed by atoms with Crippen LogP contribution in [0.2, 0.25) is 0 Å². The molecule has 0 bridgehead atoms. The van der Waals surface area contributed by atoms with Gasteiger partial charge in [0.15, 0.2) is 0 Å². The molecule has 3 nitrogen and oxygen atoms in total. The van der Waals surface area contributed by atoms with Crippen LogP contribution in [0.15, 0.2) is 53.0 Å². The summed E-state index contributed by atoms with van der Waals surface area (Å²) in [5, 5.41) is 13.1. The molecule has 2 aromatic rings. The molecule has 0 spiro atoms. The largest absolute Gasteiger partial charge is 0.390 e. The molecule has 1 aliphatic rings. The second-order valence-corrected chi connectivity index (χ2v) is 5.85. The molecule has 2 aromatic carbocycles. The first-order chi connectivity index (χ1) is 9.65. The highest BCUT2D eigenvalue weighted by atomic mass is 79.9. The van der Waals surface area contributed by atoms with Crippen molar-refractivity contribution in [2.24, 2.45) is 0 Å². The fourth-order valence-electron chi connectivity index (χ4n) is 2.60. The van der Waals surface area contributed by atoms with E-state index in [9.17, 15) is 9.90 Å². The molecule has 0 saturated heterocycles. The zero-order valence-electron chi connectivity index (χ0n) is 10.7. The minimum absolute atomic E-state index is 0.174. The van der Waals surface area contributed by atoms with Crippen LogP contribution in [-0.4, -0.2) is 17.1 Å². The summed E-state index contributed by atoms with van der Waals surface area (Å²) in [6.07, 6.45) is 0.0167. The van der Waals surface area contributed by atoms with Gasteiger partial charge in [-0.3, -0.25) is 4.79 Å². The third-order valence-corrected chi connectivity index (χ3v) is 4.07. The zero-order chi connectivity index (χ0) is 14.1. The van der Waals surface area contributed by atoms with Gasteiger partial charge in [0.05, 0.1) is 12.1 Å². The van der Waals surface area contributed by atoms with Gasteiger partial charge in [0.1, 0.15) is 0 Å². The van der Waals surface area contributed by atoms with Gasteiger partial charge in [-0.15, -0.1) is 0 Å². The van der Waals surface area contributed by atoms with Crippen molar-refractivity contribution in [1.82, 2.24) is 5.32 Å². The number of rotatable bonds is 2. The van der Waals surface area contributed by atoms with Gasteiger partial charge in [-0.2, -0.15) is 0 Å². The van der Waals surface area contributed by atoms with Gasteiger partial charge < -0.3 is 10.4 Å². The van der Waals surface area contributed by atoms with Crippen LogP contribution in [0.25, 0.3) is 0 Å². The van der Waals surface area contributed by atoms with Crippen molar-refractivity contribution in [3.05, 3.63) is 69.7 Å². The summed E-state index contributed by atoms with van der Waals surface area (Å²) >= 11 is 3.35. The van der Waals surface area contributed by atoms with Crippen molar-refractivity contribution in [2.75, 3.05) is 0 Å². The summed E-state index contributed by atoms with van der Waals surface area (Å²) < 4.78 is 0.859. The van der Waals surface area contributed by atoms with Crippen LogP contribution < -0.4 is 5.32 Å². The first-order valence-electron chi connectivity index (χ1n) is 6.47. The van der Waals surface area contributed by atoms with E-state index < -0.39 is 6.10 Å². The molecule has 20 heavy (non-hydrogen) atoms. The monoisotopic (exact) mass is 331 g/mol. The minimum atomic E-state index is -0.566. The van der Waals surface area contributed by atoms with E-state index in [1.165, 1.54) is 0 Å². The Morgan fingerprint density at radius 2 is 2.00 bits per heavy atom. The van der Waals surface area contributed by atoms with E-state index in [4.69, 9.17) is 0 Å². The third kappa shape index (κ3) is 2.49.